The van der Waals surface area contributed by atoms with Crippen molar-refractivity contribution in [2.24, 2.45) is 5.73 Å². The molecule has 0 saturated carbocycles. The number of nitrogens with two attached hydrogens (primary N) is 1. The topological polar surface area (TPSA) is 61.3 Å². The highest BCUT2D eigenvalue weighted by molar-refractivity contribution is 5.24. The van der Waals surface area contributed by atoms with Gasteiger partial charge in [-0.1, -0.05) is 5.16 Å². The predicted molar refractivity (Wildman–Crippen MR) is 55.1 cm³/mol. The second-order valence-corrected chi connectivity index (χ2v) is 3.38. The van der Waals surface area contributed by atoms with Gasteiger partial charge in [-0.3, -0.25) is 0 Å². The largest absolute Gasteiger partial charge is 0.485 e. The van der Waals surface area contributed by atoms with Crippen LogP contribution in [-0.2, 0) is 13.2 Å². The summed E-state index contributed by atoms with van der Waals surface area (Å²) in [5, 5.41) is 3.65. The summed E-state index contributed by atoms with van der Waals surface area (Å²) in [5.41, 5.74) is 5.94. The lowest BCUT2D eigenvalue weighted by Gasteiger charge is -2.03. The minimum absolute atomic E-state index is 0.0376. The van der Waals surface area contributed by atoms with Crippen LogP contribution in [-0.4, -0.2) is 5.16 Å². The molecule has 0 bridgehead atoms. The van der Waals surface area contributed by atoms with E-state index in [4.69, 9.17) is 15.0 Å². The van der Waals surface area contributed by atoms with E-state index in [-0.39, 0.29) is 18.9 Å². The minimum Gasteiger partial charge on any atom is -0.485 e. The number of halogens is 2. The Labute approximate surface area is 96.0 Å². The van der Waals surface area contributed by atoms with Gasteiger partial charge >= 0.3 is 0 Å². The second kappa shape index (κ2) is 4.92. The highest BCUT2D eigenvalue weighted by atomic mass is 19.1. The van der Waals surface area contributed by atoms with Gasteiger partial charge < -0.3 is 15.0 Å². The molecule has 0 aliphatic heterocycles. The second-order valence-electron chi connectivity index (χ2n) is 3.38. The van der Waals surface area contributed by atoms with Crippen molar-refractivity contribution in [3.05, 3.63) is 47.4 Å². The van der Waals surface area contributed by atoms with Crippen LogP contribution in [0.5, 0.6) is 5.75 Å². The number of hydrogen-bond acceptors (Lipinski definition) is 4. The first kappa shape index (κ1) is 11.5. The first-order valence-corrected chi connectivity index (χ1v) is 4.91. The van der Waals surface area contributed by atoms with E-state index in [1.807, 2.05) is 0 Å². The fourth-order valence-electron chi connectivity index (χ4n) is 1.29. The zero-order valence-corrected chi connectivity index (χ0v) is 8.82. The van der Waals surface area contributed by atoms with Crippen molar-refractivity contribution in [3.63, 3.8) is 0 Å². The highest BCUT2D eigenvalue weighted by Crippen LogP contribution is 2.17. The van der Waals surface area contributed by atoms with E-state index in [2.05, 4.69) is 5.16 Å². The van der Waals surface area contributed by atoms with Crippen LogP contribution >= 0.6 is 0 Å². The molecule has 1 aromatic heterocycles. The molecule has 1 aromatic carbocycles. The van der Waals surface area contributed by atoms with E-state index in [1.165, 1.54) is 0 Å². The molecule has 0 amide bonds. The van der Waals surface area contributed by atoms with Crippen LogP contribution in [0.1, 0.15) is 11.5 Å². The average molecular weight is 240 g/mol. The molecule has 6 heteroatoms. The summed E-state index contributed by atoms with van der Waals surface area (Å²) in [5.74, 6) is -0.858. The third-order valence-electron chi connectivity index (χ3n) is 2.03. The number of ether oxygens (including phenoxy) is 1. The molecular weight excluding hydrogens is 230 g/mol. The lowest BCUT2D eigenvalue weighted by molar-refractivity contribution is 0.246. The summed E-state index contributed by atoms with van der Waals surface area (Å²) >= 11 is 0. The van der Waals surface area contributed by atoms with Gasteiger partial charge in [-0.15, -0.1) is 0 Å². The van der Waals surface area contributed by atoms with Crippen LogP contribution < -0.4 is 10.5 Å². The molecule has 90 valence electrons. The van der Waals surface area contributed by atoms with Gasteiger partial charge in [-0.2, -0.15) is 0 Å². The average Bonchev–Trinajstić information content (AvgIpc) is 2.73. The van der Waals surface area contributed by atoms with Gasteiger partial charge in [0, 0.05) is 30.8 Å². The van der Waals surface area contributed by atoms with Crippen LogP contribution in [0.15, 0.2) is 28.8 Å². The smallest absolute Gasteiger partial charge is 0.174 e. The number of benzene rings is 1. The molecule has 4 nitrogen and oxygen atoms in total. The van der Waals surface area contributed by atoms with Crippen molar-refractivity contribution < 1.29 is 18.0 Å². The predicted octanol–water partition coefficient (Wildman–Crippen LogP) is 1.99. The number of nitrogens with zero attached hydrogens (tertiary/aromatic N) is 1. The normalized spacial score (nSPS) is 10.5. The van der Waals surface area contributed by atoms with Crippen molar-refractivity contribution in [2.75, 3.05) is 0 Å². The molecule has 0 radical (unpaired) electrons. The number of rotatable bonds is 4. The zero-order valence-electron chi connectivity index (χ0n) is 8.82. The lowest BCUT2D eigenvalue weighted by Crippen LogP contribution is -1.96. The summed E-state index contributed by atoms with van der Waals surface area (Å²) < 4.78 is 35.7. The molecule has 2 rings (SSSR count). The summed E-state index contributed by atoms with van der Waals surface area (Å²) in [4.78, 5) is 0. The SMILES string of the molecule is NCc1cc(COc2cc(F)cc(F)c2)on1. The van der Waals surface area contributed by atoms with Crippen LogP contribution in [0.2, 0.25) is 0 Å². The fourth-order valence-corrected chi connectivity index (χ4v) is 1.29. The third kappa shape index (κ3) is 3.01. The van der Waals surface area contributed by atoms with Crippen molar-refractivity contribution in [2.45, 2.75) is 13.2 Å². The summed E-state index contributed by atoms with van der Waals surface area (Å²) in [6.45, 7) is 0.300. The number of aromatic nitrogens is 1. The maximum atomic E-state index is 12.8. The van der Waals surface area contributed by atoms with E-state index < -0.39 is 11.6 Å². The van der Waals surface area contributed by atoms with Gasteiger partial charge in [-0.05, 0) is 0 Å². The quantitative estimate of drug-likeness (QED) is 0.887. The molecule has 17 heavy (non-hydrogen) atoms. The first-order valence-electron chi connectivity index (χ1n) is 4.91. The first-order chi connectivity index (χ1) is 8.17. The van der Waals surface area contributed by atoms with Gasteiger partial charge in [0.05, 0.1) is 5.69 Å². The molecule has 2 aromatic rings. The molecule has 1 heterocycles. The molecule has 0 fully saturated rings. The number of hydrogen-bond donors (Lipinski definition) is 1. The van der Waals surface area contributed by atoms with Crippen molar-refractivity contribution in [1.82, 2.24) is 5.16 Å². The van der Waals surface area contributed by atoms with Gasteiger partial charge in [0.2, 0.25) is 0 Å². The van der Waals surface area contributed by atoms with E-state index in [0.717, 1.165) is 18.2 Å². The Kier molecular flexibility index (Phi) is 3.34. The van der Waals surface area contributed by atoms with E-state index in [0.29, 0.717) is 11.5 Å². The van der Waals surface area contributed by atoms with Gasteiger partial charge in [-0.25, -0.2) is 8.78 Å². The van der Waals surface area contributed by atoms with Gasteiger partial charge in [0.1, 0.15) is 24.0 Å². The third-order valence-corrected chi connectivity index (χ3v) is 2.03. The molecule has 0 unspecified atom stereocenters. The summed E-state index contributed by atoms with van der Waals surface area (Å²) in [7, 11) is 0. The minimum atomic E-state index is -0.694. The fraction of sp³-hybridized carbons (Fsp3) is 0.182. The van der Waals surface area contributed by atoms with Crippen LogP contribution in [0.4, 0.5) is 8.78 Å². The van der Waals surface area contributed by atoms with Gasteiger partial charge in [0.15, 0.2) is 5.76 Å². The highest BCUT2D eigenvalue weighted by Gasteiger charge is 2.05. The monoisotopic (exact) mass is 240 g/mol. The Morgan fingerprint density at radius 3 is 2.47 bits per heavy atom. The lowest BCUT2D eigenvalue weighted by atomic mass is 10.3. The van der Waals surface area contributed by atoms with Crippen LogP contribution in [0.3, 0.4) is 0 Å². The van der Waals surface area contributed by atoms with Crippen molar-refractivity contribution in [3.8, 4) is 5.75 Å². The van der Waals surface area contributed by atoms with Crippen LogP contribution in [0.25, 0.3) is 0 Å². The Bertz CT molecular complexity index is 494. The Morgan fingerprint density at radius 2 is 1.88 bits per heavy atom. The van der Waals surface area contributed by atoms with Gasteiger partial charge in [0.25, 0.3) is 0 Å². The molecule has 0 aliphatic rings. The Balaban J connectivity index is 2.01. The standard InChI is InChI=1S/C11H10F2N2O2/c12-7-1-8(13)3-10(2-7)16-6-11-4-9(5-14)15-17-11/h1-4H,5-6,14H2. The van der Waals surface area contributed by atoms with Crippen molar-refractivity contribution in [1.29, 1.82) is 0 Å². The molecule has 0 atom stereocenters. The van der Waals surface area contributed by atoms with E-state index in [9.17, 15) is 8.78 Å². The van der Waals surface area contributed by atoms with E-state index in [1.54, 1.807) is 6.07 Å². The molecule has 0 aliphatic carbocycles. The van der Waals surface area contributed by atoms with Crippen LogP contribution in [0, 0.1) is 11.6 Å². The molecule has 0 saturated heterocycles. The zero-order chi connectivity index (χ0) is 12.3. The van der Waals surface area contributed by atoms with E-state index >= 15 is 0 Å². The Hall–Kier alpha value is -1.95. The molecule has 0 spiro atoms. The summed E-state index contributed by atoms with van der Waals surface area (Å²) in [6.07, 6.45) is 0. The Morgan fingerprint density at radius 1 is 1.18 bits per heavy atom. The molecule has 2 N–H and O–H groups in total. The maximum Gasteiger partial charge on any atom is 0.174 e. The van der Waals surface area contributed by atoms with Crippen molar-refractivity contribution >= 4 is 0 Å². The maximum absolute atomic E-state index is 12.8. The summed E-state index contributed by atoms with van der Waals surface area (Å²) in [6, 6.07) is 4.57. The molecular formula is C11H10F2N2O2.